The van der Waals surface area contributed by atoms with E-state index in [0.29, 0.717) is 17.6 Å². The molecule has 5 unspecified atom stereocenters. The third kappa shape index (κ3) is 1.63. The van der Waals surface area contributed by atoms with Gasteiger partial charge in [0, 0.05) is 11.8 Å². The smallest absolute Gasteiger partial charge is 0.138 e. The lowest BCUT2D eigenvalue weighted by molar-refractivity contribution is -0.130. The molecule has 3 saturated carbocycles. The SMILES string of the molecule is CC1CC(C2CC3CCC2C3)CC(C)C1=O. The lowest BCUT2D eigenvalue weighted by atomic mass is 9.67. The molecule has 0 N–H and O–H groups in total. The van der Waals surface area contributed by atoms with Crippen molar-refractivity contribution >= 4 is 5.78 Å². The minimum atomic E-state index is 0.341. The molecular weight excluding hydrogens is 196 g/mol. The number of Topliss-reactive ketones (excluding diaryl/α,β-unsaturated/α-hetero) is 1. The van der Waals surface area contributed by atoms with Crippen LogP contribution in [0.2, 0.25) is 0 Å². The number of fused-ring (bicyclic) bond motifs is 2. The molecule has 3 rings (SSSR count). The lowest BCUT2D eigenvalue weighted by Crippen LogP contribution is -2.34. The van der Waals surface area contributed by atoms with Crippen molar-refractivity contribution in [1.82, 2.24) is 0 Å². The third-order valence-electron chi connectivity index (χ3n) is 5.68. The normalized spacial score (nSPS) is 52.2. The van der Waals surface area contributed by atoms with Gasteiger partial charge in [0.25, 0.3) is 0 Å². The van der Waals surface area contributed by atoms with Gasteiger partial charge >= 0.3 is 0 Å². The highest BCUT2D eigenvalue weighted by Crippen LogP contribution is 2.54. The van der Waals surface area contributed by atoms with E-state index in [1.165, 1.54) is 38.5 Å². The standard InChI is InChI=1S/C15H24O/c1-9-5-13(6-10(2)15(9)16)14-8-11-3-4-12(14)7-11/h9-14H,3-8H2,1-2H3. The van der Waals surface area contributed by atoms with Gasteiger partial charge in [-0.15, -0.1) is 0 Å². The first-order valence-electron chi connectivity index (χ1n) is 7.19. The highest BCUT2D eigenvalue weighted by Gasteiger charge is 2.45. The van der Waals surface area contributed by atoms with Crippen LogP contribution in [0.4, 0.5) is 0 Å². The van der Waals surface area contributed by atoms with Crippen molar-refractivity contribution in [2.24, 2.45) is 35.5 Å². The second-order valence-corrected chi connectivity index (χ2v) is 6.77. The van der Waals surface area contributed by atoms with Crippen LogP contribution >= 0.6 is 0 Å². The molecule has 3 fully saturated rings. The largest absolute Gasteiger partial charge is 0.299 e. The average molecular weight is 220 g/mol. The number of hydrogen-bond acceptors (Lipinski definition) is 1. The molecule has 0 heterocycles. The first-order chi connectivity index (χ1) is 7.65. The van der Waals surface area contributed by atoms with Crippen LogP contribution in [0.3, 0.4) is 0 Å². The minimum absolute atomic E-state index is 0.341. The molecule has 90 valence electrons. The van der Waals surface area contributed by atoms with Crippen LogP contribution < -0.4 is 0 Å². The quantitative estimate of drug-likeness (QED) is 0.659. The van der Waals surface area contributed by atoms with Gasteiger partial charge in [0.2, 0.25) is 0 Å². The van der Waals surface area contributed by atoms with Gasteiger partial charge in [-0.2, -0.15) is 0 Å². The first-order valence-corrected chi connectivity index (χ1v) is 7.19. The van der Waals surface area contributed by atoms with E-state index in [9.17, 15) is 4.79 Å². The zero-order chi connectivity index (χ0) is 11.3. The van der Waals surface area contributed by atoms with E-state index >= 15 is 0 Å². The molecule has 0 saturated heterocycles. The Morgan fingerprint density at radius 1 is 0.875 bits per heavy atom. The summed E-state index contributed by atoms with van der Waals surface area (Å²) in [5.41, 5.74) is 0. The van der Waals surface area contributed by atoms with Gasteiger partial charge in [-0.3, -0.25) is 4.79 Å². The Kier molecular flexibility index (Phi) is 2.60. The second-order valence-electron chi connectivity index (χ2n) is 6.77. The van der Waals surface area contributed by atoms with E-state index in [1.807, 2.05) is 0 Å². The fraction of sp³-hybridized carbons (Fsp3) is 0.933. The van der Waals surface area contributed by atoms with E-state index < -0.39 is 0 Å². The molecule has 0 aromatic heterocycles. The third-order valence-corrected chi connectivity index (χ3v) is 5.68. The van der Waals surface area contributed by atoms with Gasteiger partial charge < -0.3 is 0 Å². The van der Waals surface area contributed by atoms with Gasteiger partial charge in [-0.25, -0.2) is 0 Å². The van der Waals surface area contributed by atoms with Crippen LogP contribution in [-0.2, 0) is 4.79 Å². The van der Waals surface area contributed by atoms with E-state index in [0.717, 1.165) is 23.7 Å². The second kappa shape index (κ2) is 3.85. The Bertz CT molecular complexity index is 282. The molecule has 1 heteroatoms. The van der Waals surface area contributed by atoms with Crippen LogP contribution in [0.1, 0.15) is 52.4 Å². The van der Waals surface area contributed by atoms with Crippen LogP contribution in [-0.4, -0.2) is 5.78 Å². The predicted octanol–water partition coefficient (Wildman–Crippen LogP) is 3.67. The molecular formula is C15H24O. The maximum Gasteiger partial charge on any atom is 0.138 e. The van der Waals surface area contributed by atoms with Crippen molar-refractivity contribution in [3.8, 4) is 0 Å². The number of carbonyl (C=O) groups is 1. The topological polar surface area (TPSA) is 17.1 Å². The molecule has 3 aliphatic carbocycles. The lowest BCUT2D eigenvalue weighted by Gasteiger charge is -2.37. The molecule has 5 atom stereocenters. The fourth-order valence-electron chi connectivity index (χ4n) is 4.94. The molecule has 3 aliphatic rings. The van der Waals surface area contributed by atoms with Crippen LogP contribution in [0.5, 0.6) is 0 Å². The van der Waals surface area contributed by atoms with Gasteiger partial charge in [0.1, 0.15) is 5.78 Å². The van der Waals surface area contributed by atoms with Crippen molar-refractivity contribution in [2.45, 2.75) is 52.4 Å². The van der Waals surface area contributed by atoms with Crippen LogP contribution in [0.15, 0.2) is 0 Å². The molecule has 0 amide bonds. The van der Waals surface area contributed by atoms with Crippen LogP contribution in [0.25, 0.3) is 0 Å². The number of hydrogen-bond donors (Lipinski definition) is 0. The number of rotatable bonds is 1. The minimum Gasteiger partial charge on any atom is -0.299 e. The Labute approximate surface area is 99.0 Å². The van der Waals surface area contributed by atoms with E-state index in [-0.39, 0.29) is 0 Å². The zero-order valence-corrected chi connectivity index (χ0v) is 10.6. The summed E-state index contributed by atoms with van der Waals surface area (Å²) in [4.78, 5) is 11.8. The molecule has 0 aliphatic heterocycles. The Hall–Kier alpha value is -0.330. The summed E-state index contributed by atoms with van der Waals surface area (Å²) in [6, 6.07) is 0. The van der Waals surface area contributed by atoms with Crippen molar-refractivity contribution in [2.75, 3.05) is 0 Å². The number of ketones is 1. The van der Waals surface area contributed by atoms with Crippen LogP contribution in [0, 0.1) is 35.5 Å². The Morgan fingerprint density at radius 2 is 1.56 bits per heavy atom. The van der Waals surface area contributed by atoms with Crippen molar-refractivity contribution in [1.29, 1.82) is 0 Å². The monoisotopic (exact) mass is 220 g/mol. The summed E-state index contributed by atoms with van der Waals surface area (Å²) < 4.78 is 0. The molecule has 1 nitrogen and oxygen atoms in total. The fourth-order valence-corrected chi connectivity index (χ4v) is 4.94. The molecule has 0 aromatic rings. The molecule has 16 heavy (non-hydrogen) atoms. The predicted molar refractivity (Wildman–Crippen MR) is 65.0 cm³/mol. The van der Waals surface area contributed by atoms with Gasteiger partial charge in [0.05, 0.1) is 0 Å². The van der Waals surface area contributed by atoms with Gasteiger partial charge in [0.15, 0.2) is 0 Å². The van der Waals surface area contributed by atoms with Gasteiger partial charge in [-0.1, -0.05) is 20.3 Å². The number of carbonyl (C=O) groups excluding carboxylic acids is 1. The highest BCUT2D eigenvalue weighted by molar-refractivity contribution is 5.83. The van der Waals surface area contributed by atoms with E-state index in [4.69, 9.17) is 0 Å². The van der Waals surface area contributed by atoms with E-state index in [2.05, 4.69) is 13.8 Å². The molecule has 2 bridgehead atoms. The summed E-state index contributed by atoms with van der Waals surface area (Å²) >= 11 is 0. The maximum atomic E-state index is 11.8. The zero-order valence-electron chi connectivity index (χ0n) is 10.6. The molecule has 0 radical (unpaired) electrons. The molecule has 0 aromatic carbocycles. The average Bonchev–Trinajstić information content (AvgIpc) is 2.86. The Balaban J connectivity index is 1.69. The van der Waals surface area contributed by atoms with E-state index in [1.54, 1.807) is 0 Å². The summed E-state index contributed by atoms with van der Waals surface area (Å²) in [6.07, 6.45) is 8.37. The van der Waals surface area contributed by atoms with Crippen molar-refractivity contribution < 1.29 is 4.79 Å². The Morgan fingerprint density at radius 3 is 2.06 bits per heavy atom. The van der Waals surface area contributed by atoms with Gasteiger partial charge in [-0.05, 0) is 55.8 Å². The van der Waals surface area contributed by atoms with Crippen molar-refractivity contribution in [3.05, 3.63) is 0 Å². The summed E-state index contributed by atoms with van der Waals surface area (Å²) in [7, 11) is 0. The maximum absolute atomic E-state index is 11.8. The first kappa shape index (κ1) is 10.8. The molecule has 0 spiro atoms. The van der Waals surface area contributed by atoms with Crippen molar-refractivity contribution in [3.63, 3.8) is 0 Å². The highest BCUT2D eigenvalue weighted by atomic mass is 16.1. The summed E-state index contributed by atoms with van der Waals surface area (Å²) in [5.74, 6) is 5.15. The summed E-state index contributed by atoms with van der Waals surface area (Å²) in [6.45, 7) is 4.30. The summed E-state index contributed by atoms with van der Waals surface area (Å²) in [5, 5.41) is 0.